The molecule has 0 atom stereocenters. The molecule has 1 heterocycles. The minimum atomic E-state index is -0.844. The van der Waals surface area contributed by atoms with Gasteiger partial charge in [0.15, 0.2) is 0 Å². The van der Waals surface area contributed by atoms with Gasteiger partial charge < -0.3 is 15.7 Å². The number of carbonyl (C=O) groups is 2. The predicted octanol–water partition coefficient (Wildman–Crippen LogP) is 2.58. The quantitative estimate of drug-likeness (QED) is 0.631. The Bertz CT molecular complexity index is 569. The fourth-order valence-electron chi connectivity index (χ4n) is 3.02. The standard InChI is InChI=1S/C19H29N3O3/c1-15-8-11-22(12-9-15)14-17-6-3-2-5-16(17)13-21-19(25)20-10-4-7-18(23)24/h2-3,5-6,15H,4,7-14H2,1H3,(H,23,24)(H2,20,21,25). The third-order valence-electron chi connectivity index (χ3n) is 4.68. The zero-order chi connectivity index (χ0) is 18.1. The van der Waals surface area contributed by atoms with Crippen LogP contribution in [-0.2, 0) is 17.9 Å². The largest absolute Gasteiger partial charge is 0.481 e. The van der Waals surface area contributed by atoms with Crippen LogP contribution in [0.2, 0.25) is 0 Å². The molecule has 1 aromatic rings. The van der Waals surface area contributed by atoms with E-state index in [1.165, 1.54) is 18.4 Å². The van der Waals surface area contributed by atoms with Gasteiger partial charge in [0.1, 0.15) is 0 Å². The topological polar surface area (TPSA) is 81.7 Å². The molecule has 6 heteroatoms. The fraction of sp³-hybridized carbons (Fsp3) is 0.579. The first-order valence-electron chi connectivity index (χ1n) is 9.07. The van der Waals surface area contributed by atoms with Gasteiger partial charge in [-0.25, -0.2) is 4.79 Å². The highest BCUT2D eigenvalue weighted by Gasteiger charge is 2.16. The first-order valence-corrected chi connectivity index (χ1v) is 9.07. The number of hydrogen-bond acceptors (Lipinski definition) is 3. The van der Waals surface area contributed by atoms with Crippen LogP contribution < -0.4 is 10.6 Å². The number of piperidine rings is 1. The number of hydrogen-bond donors (Lipinski definition) is 3. The van der Waals surface area contributed by atoms with Crippen molar-refractivity contribution in [2.24, 2.45) is 5.92 Å². The first kappa shape index (κ1) is 19.2. The van der Waals surface area contributed by atoms with Gasteiger partial charge in [-0.15, -0.1) is 0 Å². The van der Waals surface area contributed by atoms with Crippen LogP contribution in [0, 0.1) is 5.92 Å². The van der Waals surface area contributed by atoms with Crippen LogP contribution in [0.1, 0.15) is 43.7 Å². The van der Waals surface area contributed by atoms with Gasteiger partial charge in [0.05, 0.1) is 0 Å². The lowest BCUT2D eigenvalue weighted by Crippen LogP contribution is -2.36. The maximum Gasteiger partial charge on any atom is 0.315 e. The van der Waals surface area contributed by atoms with Gasteiger partial charge in [0.25, 0.3) is 0 Å². The third kappa shape index (κ3) is 7.13. The molecule has 0 bridgehead atoms. The summed E-state index contributed by atoms with van der Waals surface area (Å²) in [7, 11) is 0. The van der Waals surface area contributed by atoms with Crippen molar-refractivity contribution in [3.8, 4) is 0 Å². The van der Waals surface area contributed by atoms with Crippen molar-refractivity contribution in [2.45, 2.75) is 45.7 Å². The number of benzene rings is 1. The summed E-state index contributed by atoms with van der Waals surface area (Å²) >= 11 is 0. The molecule has 0 unspecified atom stereocenters. The van der Waals surface area contributed by atoms with Crippen LogP contribution in [0.25, 0.3) is 0 Å². The average molecular weight is 347 g/mol. The smallest absolute Gasteiger partial charge is 0.315 e. The van der Waals surface area contributed by atoms with Crippen LogP contribution in [-0.4, -0.2) is 41.6 Å². The minimum Gasteiger partial charge on any atom is -0.481 e. The van der Waals surface area contributed by atoms with Gasteiger partial charge in [-0.2, -0.15) is 0 Å². The van der Waals surface area contributed by atoms with E-state index in [2.05, 4.69) is 28.5 Å². The number of carboxylic acid groups (broad SMARTS) is 1. The van der Waals surface area contributed by atoms with E-state index in [1.54, 1.807) is 0 Å². The van der Waals surface area contributed by atoms with E-state index in [0.717, 1.165) is 31.1 Å². The maximum atomic E-state index is 11.8. The zero-order valence-electron chi connectivity index (χ0n) is 15.0. The molecule has 1 saturated heterocycles. The monoisotopic (exact) mass is 347 g/mol. The number of carbonyl (C=O) groups excluding carboxylic acids is 1. The number of aliphatic carboxylic acids is 1. The van der Waals surface area contributed by atoms with Crippen molar-refractivity contribution in [1.29, 1.82) is 0 Å². The van der Waals surface area contributed by atoms with Crippen LogP contribution in [0.5, 0.6) is 0 Å². The summed E-state index contributed by atoms with van der Waals surface area (Å²) in [6, 6.07) is 7.94. The molecule has 1 aliphatic heterocycles. The molecule has 0 aromatic heterocycles. The van der Waals surface area contributed by atoms with E-state index in [-0.39, 0.29) is 12.5 Å². The van der Waals surface area contributed by atoms with Crippen molar-refractivity contribution in [3.63, 3.8) is 0 Å². The fourth-order valence-corrected chi connectivity index (χ4v) is 3.02. The van der Waals surface area contributed by atoms with Gasteiger partial charge in [-0.05, 0) is 49.4 Å². The second-order valence-electron chi connectivity index (χ2n) is 6.83. The third-order valence-corrected chi connectivity index (χ3v) is 4.68. The highest BCUT2D eigenvalue weighted by Crippen LogP contribution is 2.19. The number of nitrogens with one attached hydrogen (secondary N) is 2. The number of likely N-dealkylation sites (tertiary alicyclic amines) is 1. The number of carboxylic acids is 1. The molecule has 6 nitrogen and oxygen atoms in total. The van der Waals surface area contributed by atoms with Crippen molar-refractivity contribution >= 4 is 12.0 Å². The summed E-state index contributed by atoms with van der Waals surface area (Å²) in [5.74, 6) is -0.0266. The molecule has 2 rings (SSSR count). The Balaban J connectivity index is 1.77. The number of urea groups is 1. The van der Waals surface area contributed by atoms with E-state index in [1.807, 2.05) is 18.2 Å². The number of rotatable bonds is 8. The Kier molecular flexibility index (Phi) is 7.73. The minimum absolute atomic E-state index is 0.0670. The molecule has 1 fully saturated rings. The van der Waals surface area contributed by atoms with Gasteiger partial charge in [0.2, 0.25) is 0 Å². The van der Waals surface area contributed by atoms with E-state index in [4.69, 9.17) is 5.11 Å². The molecule has 0 aliphatic carbocycles. The van der Waals surface area contributed by atoms with Crippen LogP contribution >= 0.6 is 0 Å². The summed E-state index contributed by atoms with van der Waals surface area (Å²) in [5.41, 5.74) is 2.38. The highest BCUT2D eigenvalue weighted by atomic mass is 16.4. The van der Waals surface area contributed by atoms with Crippen LogP contribution in [0.15, 0.2) is 24.3 Å². The highest BCUT2D eigenvalue weighted by molar-refractivity contribution is 5.74. The normalized spacial score (nSPS) is 15.7. The van der Waals surface area contributed by atoms with E-state index in [9.17, 15) is 9.59 Å². The molecule has 138 valence electrons. The van der Waals surface area contributed by atoms with Crippen molar-refractivity contribution in [1.82, 2.24) is 15.5 Å². The molecule has 0 spiro atoms. The van der Waals surface area contributed by atoms with Gasteiger partial charge in [0, 0.05) is 26.1 Å². The summed E-state index contributed by atoms with van der Waals surface area (Å²) in [6.07, 6.45) is 3.00. The predicted molar refractivity (Wildman–Crippen MR) is 97.2 cm³/mol. The summed E-state index contributed by atoms with van der Waals surface area (Å²) < 4.78 is 0. The van der Waals surface area contributed by atoms with Crippen LogP contribution in [0.4, 0.5) is 4.79 Å². The second-order valence-corrected chi connectivity index (χ2v) is 6.83. The van der Waals surface area contributed by atoms with Crippen molar-refractivity contribution in [3.05, 3.63) is 35.4 Å². The SMILES string of the molecule is CC1CCN(Cc2ccccc2CNC(=O)NCCCC(=O)O)CC1. The van der Waals surface area contributed by atoms with E-state index in [0.29, 0.717) is 19.5 Å². The molecule has 25 heavy (non-hydrogen) atoms. The van der Waals surface area contributed by atoms with E-state index < -0.39 is 5.97 Å². The Morgan fingerprint density at radius 2 is 1.84 bits per heavy atom. The van der Waals surface area contributed by atoms with Crippen molar-refractivity contribution in [2.75, 3.05) is 19.6 Å². The zero-order valence-corrected chi connectivity index (χ0v) is 15.0. The lowest BCUT2D eigenvalue weighted by Gasteiger charge is -2.30. The molecule has 1 aromatic carbocycles. The lowest BCUT2D eigenvalue weighted by atomic mass is 9.98. The average Bonchev–Trinajstić information content (AvgIpc) is 2.60. The summed E-state index contributed by atoms with van der Waals surface area (Å²) in [4.78, 5) is 24.7. The molecule has 3 N–H and O–H groups in total. The first-order chi connectivity index (χ1) is 12.0. The molecular formula is C19H29N3O3. The Morgan fingerprint density at radius 1 is 1.16 bits per heavy atom. The second kappa shape index (κ2) is 10.0. The van der Waals surface area contributed by atoms with Crippen molar-refractivity contribution < 1.29 is 14.7 Å². The number of nitrogens with zero attached hydrogens (tertiary/aromatic N) is 1. The Hall–Kier alpha value is -2.08. The molecule has 1 aliphatic rings. The number of amides is 2. The van der Waals surface area contributed by atoms with Gasteiger partial charge >= 0.3 is 12.0 Å². The molecule has 0 radical (unpaired) electrons. The Labute approximate surface area is 149 Å². The summed E-state index contributed by atoms with van der Waals surface area (Å²) in [5, 5.41) is 14.1. The van der Waals surface area contributed by atoms with E-state index >= 15 is 0 Å². The maximum absolute atomic E-state index is 11.8. The molecule has 0 saturated carbocycles. The Morgan fingerprint density at radius 3 is 2.52 bits per heavy atom. The summed E-state index contributed by atoms with van der Waals surface area (Å²) in [6.45, 7) is 6.34. The lowest BCUT2D eigenvalue weighted by molar-refractivity contribution is -0.137. The van der Waals surface area contributed by atoms with Gasteiger partial charge in [-0.1, -0.05) is 31.2 Å². The molecular weight excluding hydrogens is 318 g/mol. The van der Waals surface area contributed by atoms with Crippen LogP contribution in [0.3, 0.4) is 0 Å². The van der Waals surface area contributed by atoms with Gasteiger partial charge in [-0.3, -0.25) is 9.69 Å². The molecule has 2 amide bonds.